The predicted molar refractivity (Wildman–Crippen MR) is 51.9 cm³/mol. The van der Waals surface area contributed by atoms with Crippen molar-refractivity contribution in [1.29, 1.82) is 0 Å². The SMILES string of the molecule is CCC1=C(CC)C2(OCCO2)C1Cl. The van der Waals surface area contributed by atoms with Gasteiger partial charge in [0.25, 0.3) is 0 Å². The minimum absolute atomic E-state index is 0.0602. The highest BCUT2D eigenvalue weighted by Gasteiger charge is 2.56. The molecule has 2 nitrogen and oxygen atoms in total. The van der Waals surface area contributed by atoms with E-state index in [2.05, 4.69) is 13.8 Å². The molecule has 1 aliphatic carbocycles. The molecule has 0 saturated carbocycles. The Morgan fingerprint density at radius 3 is 2.38 bits per heavy atom. The highest BCUT2D eigenvalue weighted by atomic mass is 35.5. The number of ether oxygens (including phenoxy) is 2. The summed E-state index contributed by atoms with van der Waals surface area (Å²) in [5.74, 6) is -0.540. The van der Waals surface area contributed by atoms with Crippen LogP contribution in [0.4, 0.5) is 0 Å². The fourth-order valence-corrected chi connectivity index (χ4v) is 2.84. The van der Waals surface area contributed by atoms with Crippen LogP contribution in [0.3, 0.4) is 0 Å². The van der Waals surface area contributed by atoms with Crippen molar-refractivity contribution in [2.75, 3.05) is 13.2 Å². The lowest BCUT2D eigenvalue weighted by atomic mass is 9.78. The lowest BCUT2D eigenvalue weighted by molar-refractivity contribution is -0.140. The maximum atomic E-state index is 6.24. The molecule has 0 N–H and O–H groups in total. The van der Waals surface area contributed by atoms with Crippen molar-refractivity contribution in [2.24, 2.45) is 0 Å². The molecule has 0 aromatic heterocycles. The molecule has 1 unspecified atom stereocenters. The smallest absolute Gasteiger partial charge is 0.212 e. The number of hydrogen-bond acceptors (Lipinski definition) is 2. The van der Waals surface area contributed by atoms with E-state index in [9.17, 15) is 0 Å². The highest BCUT2D eigenvalue weighted by molar-refractivity contribution is 6.24. The van der Waals surface area contributed by atoms with Crippen molar-refractivity contribution in [3.05, 3.63) is 11.1 Å². The average molecular weight is 203 g/mol. The van der Waals surface area contributed by atoms with Gasteiger partial charge < -0.3 is 9.47 Å². The van der Waals surface area contributed by atoms with Crippen LogP contribution >= 0.6 is 11.6 Å². The summed E-state index contributed by atoms with van der Waals surface area (Å²) < 4.78 is 11.2. The van der Waals surface area contributed by atoms with Crippen LogP contribution in [0.5, 0.6) is 0 Å². The molecule has 1 aliphatic heterocycles. The van der Waals surface area contributed by atoms with Crippen LogP contribution in [0.2, 0.25) is 0 Å². The molecule has 1 fully saturated rings. The van der Waals surface area contributed by atoms with Crippen LogP contribution in [0.1, 0.15) is 26.7 Å². The van der Waals surface area contributed by atoms with Gasteiger partial charge in [-0.2, -0.15) is 0 Å². The van der Waals surface area contributed by atoms with Gasteiger partial charge in [-0.25, -0.2) is 0 Å². The van der Waals surface area contributed by atoms with Gasteiger partial charge in [0.1, 0.15) is 5.38 Å². The van der Waals surface area contributed by atoms with E-state index in [-0.39, 0.29) is 5.38 Å². The molecule has 2 aliphatic rings. The molecule has 2 rings (SSSR count). The second kappa shape index (κ2) is 3.26. The molecule has 1 heterocycles. The predicted octanol–water partition coefficient (Wildman–Crippen LogP) is 2.47. The summed E-state index contributed by atoms with van der Waals surface area (Å²) in [6, 6.07) is 0. The first-order valence-electron chi connectivity index (χ1n) is 4.90. The molecule has 13 heavy (non-hydrogen) atoms. The molecule has 1 saturated heterocycles. The minimum atomic E-state index is -0.540. The van der Waals surface area contributed by atoms with Crippen molar-refractivity contribution in [3.63, 3.8) is 0 Å². The largest absolute Gasteiger partial charge is 0.342 e. The minimum Gasteiger partial charge on any atom is -0.342 e. The van der Waals surface area contributed by atoms with Crippen LogP contribution < -0.4 is 0 Å². The van der Waals surface area contributed by atoms with E-state index in [4.69, 9.17) is 21.1 Å². The standard InChI is InChI=1S/C10H15ClO2/c1-3-7-8(4-2)10(9(7)11)12-5-6-13-10/h9H,3-6H2,1-2H3. The quantitative estimate of drug-likeness (QED) is 0.506. The summed E-state index contributed by atoms with van der Waals surface area (Å²) in [4.78, 5) is 0. The Balaban J connectivity index is 2.29. The molecular weight excluding hydrogens is 188 g/mol. The molecule has 3 heteroatoms. The molecule has 0 bridgehead atoms. The van der Waals surface area contributed by atoms with Crippen molar-refractivity contribution in [1.82, 2.24) is 0 Å². The van der Waals surface area contributed by atoms with Crippen LogP contribution in [0.25, 0.3) is 0 Å². The van der Waals surface area contributed by atoms with Gasteiger partial charge in [0, 0.05) is 0 Å². The van der Waals surface area contributed by atoms with Gasteiger partial charge in [-0.15, -0.1) is 11.6 Å². The molecule has 0 aromatic carbocycles. The second-order valence-electron chi connectivity index (χ2n) is 3.44. The van der Waals surface area contributed by atoms with E-state index in [1.54, 1.807) is 0 Å². The zero-order valence-corrected chi connectivity index (χ0v) is 8.86. The third-order valence-electron chi connectivity index (χ3n) is 2.90. The Morgan fingerprint density at radius 2 is 1.92 bits per heavy atom. The number of halogens is 1. The van der Waals surface area contributed by atoms with Gasteiger partial charge in [0.2, 0.25) is 5.79 Å². The summed E-state index contributed by atoms with van der Waals surface area (Å²) in [7, 11) is 0. The Hall–Kier alpha value is -0.0500. The van der Waals surface area contributed by atoms with E-state index >= 15 is 0 Å². The molecule has 74 valence electrons. The maximum absolute atomic E-state index is 6.24. The first kappa shape index (κ1) is 9.50. The van der Waals surface area contributed by atoms with E-state index < -0.39 is 5.79 Å². The lowest BCUT2D eigenvalue weighted by Gasteiger charge is -2.45. The Labute approximate surface area is 83.9 Å². The Bertz CT molecular complexity index is 241. The van der Waals surface area contributed by atoms with Crippen molar-refractivity contribution in [2.45, 2.75) is 37.9 Å². The first-order chi connectivity index (χ1) is 6.26. The van der Waals surface area contributed by atoms with E-state index in [1.807, 2.05) is 0 Å². The van der Waals surface area contributed by atoms with E-state index in [0.717, 1.165) is 12.8 Å². The first-order valence-corrected chi connectivity index (χ1v) is 5.34. The third kappa shape index (κ3) is 1.09. The van der Waals surface area contributed by atoms with Gasteiger partial charge in [-0.05, 0) is 24.0 Å². The topological polar surface area (TPSA) is 18.5 Å². The molecule has 1 atom stereocenters. The zero-order valence-electron chi connectivity index (χ0n) is 8.10. The second-order valence-corrected chi connectivity index (χ2v) is 3.87. The van der Waals surface area contributed by atoms with Crippen molar-refractivity contribution >= 4 is 11.6 Å². The zero-order chi connectivity index (χ0) is 9.47. The van der Waals surface area contributed by atoms with Gasteiger partial charge in [0.15, 0.2) is 0 Å². The fourth-order valence-electron chi connectivity index (χ4n) is 2.30. The summed E-state index contributed by atoms with van der Waals surface area (Å²) in [5, 5.41) is -0.0602. The average Bonchev–Trinajstić information content (AvgIpc) is 2.63. The van der Waals surface area contributed by atoms with Gasteiger partial charge in [-0.3, -0.25) is 0 Å². The molecule has 0 aromatic rings. The van der Waals surface area contributed by atoms with Gasteiger partial charge >= 0.3 is 0 Å². The molecule has 0 amide bonds. The Morgan fingerprint density at radius 1 is 1.31 bits per heavy atom. The fraction of sp³-hybridized carbons (Fsp3) is 0.800. The molecule has 0 radical (unpaired) electrons. The normalized spacial score (nSPS) is 31.2. The van der Waals surface area contributed by atoms with Crippen LogP contribution in [-0.4, -0.2) is 24.4 Å². The number of alkyl halides is 1. The summed E-state index contributed by atoms with van der Waals surface area (Å²) >= 11 is 6.24. The van der Waals surface area contributed by atoms with Crippen LogP contribution in [0, 0.1) is 0 Å². The van der Waals surface area contributed by atoms with Gasteiger partial charge in [0.05, 0.1) is 13.2 Å². The van der Waals surface area contributed by atoms with Gasteiger partial charge in [-0.1, -0.05) is 13.8 Å². The number of rotatable bonds is 2. The van der Waals surface area contributed by atoms with Crippen LogP contribution in [-0.2, 0) is 9.47 Å². The Kier molecular flexibility index (Phi) is 2.39. The summed E-state index contributed by atoms with van der Waals surface area (Å²) in [6.07, 6.45) is 1.98. The number of hydrogen-bond donors (Lipinski definition) is 0. The van der Waals surface area contributed by atoms with E-state index in [0.29, 0.717) is 13.2 Å². The monoisotopic (exact) mass is 202 g/mol. The molecule has 1 spiro atoms. The van der Waals surface area contributed by atoms with Crippen LogP contribution in [0.15, 0.2) is 11.1 Å². The highest BCUT2D eigenvalue weighted by Crippen LogP contribution is 2.50. The molecular formula is C10H15ClO2. The maximum Gasteiger partial charge on any atom is 0.212 e. The van der Waals surface area contributed by atoms with E-state index in [1.165, 1.54) is 11.1 Å². The van der Waals surface area contributed by atoms with Crippen molar-refractivity contribution in [3.8, 4) is 0 Å². The lowest BCUT2D eigenvalue weighted by Crippen LogP contribution is -2.52. The van der Waals surface area contributed by atoms with Crippen molar-refractivity contribution < 1.29 is 9.47 Å². The summed E-state index contributed by atoms with van der Waals surface area (Å²) in [6.45, 7) is 5.59. The third-order valence-corrected chi connectivity index (χ3v) is 3.45. The summed E-state index contributed by atoms with van der Waals surface area (Å²) in [5.41, 5.74) is 2.58.